The van der Waals surface area contributed by atoms with Gasteiger partial charge in [-0.2, -0.15) is 0 Å². The van der Waals surface area contributed by atoms with E-state index in [2.05, 4.69) is 6.92 Å². The molecule has 0 aromatic carbocycles. The first-order valence-electron chi connectivity index (χ1n) is 3.55. The van der Waals surface area contributed by atoms with Crippen molar-refractivity contribution >= 4 is 17.9 Å². The lowest BCUT2D eigenvalue weighted by Gasteiger charge is -2.11. The molecule has 10 heavy (non-hydrogen) atoms. The minimum Gasteiger partial charge on any atom is -0.290 e. The molecule has 0 fully saturated rings. The van der Waals surface area contributed by atoms with Crippen molar-refractivity contribution in [1.29, 1.82) is 0 Å². The summed E-state index contributed by atoms with van der Waals surface area (Å²) in [4.78, 5) is 10.6. The van der Waals surface area contributed by atoms with Crippen LogP contribution in [0.15, 0.2) is 0 Å². The summed E-state index contributed by atoms with van der Waals surface area (Å²) in [6, 6.07) is 0. The highest BCUT2D eigenvalue weighted by Gasteiger charge is 1.99. The number of unbranched alkanes of at least 4 members (excludes halogenated alkanes) is 1. The van der Waals surface area contributed by atoms with E-state index in [0.717, 1.165) is 5.75 Å². The fourth-order valence-electron chi connectivity index (χ4n) is 0.437. The van der Waals surface area contributed by atoms with E-state index in [1.165, 1.54) is 12.8 Å². The van der Waals surface area contributed by atoms with Crippen LogP contribution in [0.25, 0.3) is 0 Å². The molecular formula is C7H15NOS. The molecule has 60 valence electrons. The Bertz CT molecular complexity index is 106. The van der Waals surface area contributed by atoms with Gasteiger partial charge >= 0.3 is 0 Å². The van der Waals surface area contributed by atoms with Gasteiger partial charge in [-0.15, -0.1) is 0 Å². The zero-order chi connectivity index (χ0) is 7.98. The zero-order valence-corrected chi connectivity index (χ0v) is 7.70. The van der Waals surface area contributed by atoms with Crippen molar-refractivity contribution in [2.45, 2.75) is 26.7 Å². The molecule has 0 N–H and O–H groups in total. The number of rotatable bonds is 4. The highest BCUT2D eigenvalue weighted by Crippen LogP contribution is 2.08. The van der Waals surface area contributed by atoms with Gasteiger partial charge in [-0.3, -0.25) is 9.10 Å². The normalized spacial score (nSPS) is 9.50. The van der Waals surface area contributed by atoms with Crippen LogP contribution >= 0.6 is 11.9 Å². The number of carbonyl (C=O) groups excluding carboxylic acids is 1. The highest BCUT2D eigenvalue weighted by atomic mass is 32.2. The van der Waals surface area contributed by atoms with Gasteiger partial charge in [0.25, 0.3) is 0 Å². The van der Waals surface area contributed by atoms with E-state index in [0.29, 0.717) is 0 Å². The molecule has 0 bridgehead atoms. The number of amides is 1. The quantitative estimate of drug-likeness (QED) is 0.464. The van der Waals surface area contributed by atoms with Crippen LogP contribution in [0.3, 0.4) is 0 Å². The highest BCUT2D eigenvalue weighted by molar-refractivity contribution is 7.97. The maximum atomic E-state index is 10.6. The molecule has 1 amide bonds. The number of nitrogens with zero attached hydrogens (tertiary/aromatic N) is 1. The Kier molecular flexibility index (Phi) is 5.49. The molecule has 0 atom stereocenters. The van der Waals surface area contributed by atoms with Crippen molar-refractivity contribution in [2.24, 2.45) is 0 Å². The average Bonchev–Trinajstić information content (AvgIpc) is 1.88. The van der Waals surface area contributed by atoms with Crippen LogP contribution in [0.4, 0.5) is 0 Å². The standard InChI is InChI=1S/C7H15NOS/c1-4-5-6-10-8(3)7(2)9/h4-6H2,1-3H3. The molecule has 0 aromatic rings. The first-order chi connectivity index (χ1) is 4.68. The van der Waals surface area contributed by atoms with E-state index in [4.69, 9.17) is 0 Å². The summed E-state index contributed by atoms with van der Waals surface area (Å²) < 4.78 is 1.68. The minimum atomic E-state index is 0.126. The topological polar surface area (TPSA) is 20.3 Å². The van der Waals surface area contributed by atoms with Crippen LogP contribution < -0.4 is 0 Å². The third-order valence-electron chi connectivity index (χ3n) is 1.23. The first-order valence-corrected chi connectivity index (χ1v) is 4.50. The summed E-state index contributed by atoms with van der Waals surface area (Å²) in [6.07, 6.45) is 2.38. The van der Waals surface area contributed by atoms with E-state index in [-0.39, 0.29) is 5.91 Å². The Morgan fingerprint density at radius 3 is 2.60 bits per heavy atom. The molecule has 0 saturated carbocycles. The lowest BCUT2D eigenvalue weighted by Crippen LogP contribution is -2.15. The molecule has 2 nitrogen and oxygen atoms in total. The van der Waals surface area contributed by atoms with Gasteiger partial charge in [0.1, 0.15) is 0 Å². The second-order valence-corrected chi connectivity index (χ2v) is 3.42. The van der Waals surface area contributed by atoms with Gasteiger partial charge in [0.05, 0.1) is 0 Å². The molecule has 0 aliphatic rings. The Morgan fingerprint density at radius 2 is 2.20 bits per heavy atom. The van der Waals surface area contributed by atoms with Crippen LogP contribution in [0.5, 0.6) is 0 Å². The molecule has 0 aliphatic carbocycles. The Balaban J connectivity index is 3.21. The third kappa shape index (κ3) is 4.68. The van der Waals surface area contributed by atoms with Crippen LogP contribution in [-0.2, 0) is 4.79 Å². The van der Waals surface area contributed by atoms with E-state index in [1.54, 1.807) is 23.2 Å². The smallest absolute Gasteiger partial charge is 0.229 e. The molecule has 0 aliphatic heterocycles. The summed E-state index contributed by atoms with van der Waals surface area (Å²) in [6.45, 7) is 3.73. The molecule has 0 saturated heterocycles. The van der Waals surface area contributed by atoms with Crippen molar-refractivity contribution in [3.63, 3.8) is 0 Å². The summed E-state index contributed by atoms with van der Waals surface area (Å²) in [5.41, 5.74) is 0. The van der Waals surface area contributed by atoms with Crippen LogP contribution in [0, 0.1) is 0 Å². The molecular weight excluding hydrogens is 146 g/mol. The lowest BCUT2D eigenvalue weighted by molar-refractivity contribution is -0.123. The van der Waals surface area contributed by atoms with Gasteiger partial charge in [0, 0.05) is 19.7 Å². The molecule has 0 radical (unpaired) electrons. The molecule has 0 spiro atoms. The maximum absolute atomic E-state index is 10.6. The number of hydrogen-bond acceptors (Lipinski definition) is 2. The second kappa shape index (κ2) is 5.59. The third-order valence-corrected chi connectivity index (χ3v) is 2.34. The van der Waals surface area contributed by atoms with Crippen molar-refractivity contribution in [3.05, 3.63) is 0 Å². The largest absolute Gasteiger partial charge is 0.290 e. The van der Waals surface area contributed by atoms with Gasteiger partial charge in [0.15, 0.2) is 0 Å². The minimum absolute atomic E-state index is 0.126. The maximum Gasteiger partial charge on any atom is 0.229 e. The van der Waals surface area contributed by atoms with Gasteiger partial charge in [-0.05, 0) is 18.4 Å². The summed E-state index contributed by atoms with van der Waals surface area (Å²) in [5.74, 6) is 1.17. The zero-order valence-electron chi connectivity index (χ0n) is 6.89. The van der Waals surface area contributed by atoms with Gasteiger partial charge < -0.3 is 0 Å². The van der Waals surface area contributed by atoms with Crippen molar-refractivity contribution in [1.82, 2.24) is 4.31 Å². The average molecular weight is 161 g/mol. The molecule has 3 heteroatoms. The van der Waals surface area contributed by atoms with Gasteiger partial charge in [-0.25, -0.2) is 0 Å². The number of carbonyl (C=O) groups is 1. The fraction of sp³-hybridized carbons (Fsp3) is 0.857. The van der Waals surface area contributed by atoms with E-state index >= 15 is 0 Å². The summed E-state index contributed by atoms with van der Waals surface area (Å²) in [5, 5.41) is 0. The van der Waals surface area contributed by atoms with Crippen molar-refractivity contribution < 1.29 is 4.79 Å². The van der Waals surface area contributed by atoms with E-state index < -0.39 is 0 Å². The summed E-state index contributed by atoms with van der Waals surface area (Å²) in [7, 11) is 1.81. The van der Waals surface area contributed by atoms with Crippen LogP contribution in [0.2, 0.25) is 0 Å². The van der Waals surface area contributed by atoms with Crippen LogP contribution in [0.1, 0.15) is 26.7 Å². The summed E-state index contributed by atoms with van der Waals surface area (Å²) >= 11 is 1.59. The van der Waals surface area contributed by atoms with E-state index in [9.17, 15) is 4.79 Å². The second-order valence-electron chi connectivity index (χ2n) is 2.20. The molecule has 0 heterocycles. The van der Waals surface area contributed by atoms with E-state index in [1.807, 2.05) is 7.05 Å². The SMILES string of the molecule is CCCCSN(C)C(C)=O. The van der Waals surface area contributed by atoms with Crippen LogP contribution in [-0.4, -0.2) is 23.0 Å². The molecule has 0 aromatic heterocycles. The Labute approximate surface area is 67.1 Å². The lowest BCUT2D eigenvalue weighted by atomic mass is 10.4. The Hall–Kier alpha value is -0.180. The van der Waals surface area contributed by atoms with Gasteiger partial charge in [-0.1, -0.05) is 13.3 Å². The first kappa shape index (κ1) is 9.82. The monoisotopic (exact) mass is 161 g/mol. The molecule has 0 unspecified atom stereocenters. The fourth-order valence-corrected chi connectivity index (χ4v) is 1.31. The predicted octanol–water partition coefficient (Wildman–Crippen LogP) is 1.91. The van der Waals surface area contributed by atoms with Crippen molar-refractivity contribution in [2.75, 3.05) is 12.8 Å². The predicted molar refractivity (Wildman–Crippen MR) is 45.8 cm³/mol. The Morgan fingerprint density at radius 1 is 1.60 bits per heavy atom. The van der Waals surface area contributed by atoms with Crippen molar-refractivity contribution in [3.8, 4) is 0 Å². The van der Waals surface area contributed by atoms with Gasteiger partial charge in [0.2, 0.25) is 5.91 Å². The molecule has 0 rings (SSSR count). The number of hydrogen-bond donors (Lipinski definition) is 0.